The lowest BCUT2D eigenvalue weighted by molar-refractivity contribution is 0.524. The van der Waals surface area contributed by atoms with Gasteiger partial charge in [0.1, 0.15) is 0 Å². The fourth-order valence-corrected chi connectivity index (χ4v) is 3.63. The van der Waals surface area contributed by atoms with Gasteiger partial charge in [0, 0.05) is 0 Å². The zero-order valence-electron chi connectivity index (χ0n) is 16.4. The molecule has 0 fully saturated rings. The van der Waals surface area contributed by atoms with Crippen LogP contribution in [0.15, 0.2) is 18.2 Å². The molecule has 1 aliphatic rings. The van der Waals surface area contributed by atoms with Crippen molar-refractivity contribution in [3.05, 3.63) is 24.3 Å². The maximum absolute atomic E-state index is 3.42. The van der Waals surface area contributed by atoms with Crippen LogP contribution in [0, 0.1) is 6.08 Å². The normalized spacial score (nSPS) is 25.3. The van der Waals surface area contributed by atoms with Crippen molar-refractivity contribution in [3.8, 4) is 0 Å². The molecule has 1 radical (unpaired) electrons. The molecule has 1 rings (SSSR count). The molecule has 0 aliphatic heterocycles. The molecule has 0 aromatic rings. The van der Waals surface area contributed by atoms with Gasteiger partial charge in [-0.15, -0.1) is 0 Å². The molecule has 0 unspecified atom stereocenters. The van der Waals surface area contributed by atoms with Gasteiger partial charge in [-0.2, -0.15) is 0 Å². The number of hydrogen-bond donors (Lipinski definition) is 0. The fraction of sp³-hybridized carbons (Fsp3) is 0.833. The van der Waals surface area contributed by atoms with Crippen LogP contribution in [-0.2, 0) is 0 Å². The SMILES string of the molecule is [C]1=C/C=C\CCCCCCCCCCCCCCCCCCCC/1. The van der Waals surface area contributed by atoms with Crippen molar-refractivity contribution < 1.29 is 0 Å². The second kappa shape index (κ2) is 18.8. The van der Waals surface area contributed by atoms with Crippen LogP contribution < -0.4 is 0 Å². The van der Waals surface area contributed by atoms with E-state index < -0.39 is 0 Å². The number of allylic oxidation sites excluding steroid dienone is 4. The Bertz CT molecular complexity index is 256. The third-order valence-corrected chi connectivity index (χ3v) is 5.29. The topological polar surface area (TPSA) is 0 Å². The average Bonchev–Trinajstić information content (AvgIpc) is 2.59. The molecule has 0 spiro atoms. The van der Waals surface area contributed by atoms with E-state index in [1.54, 1.807) is 0 Å². The minimum absolute atomic E-state index is 1.14. The van der Waals surface area contributed by atoms with E-state index in [0.29, 0.717) is 0 Å². The molecule has 0 bridgehead atoms. The third-order valence-electron chi connectivity index (χ3n) is 5.29. The summed E-state index contributed by atoms with van der Waals surface area (Å²) in [5, 5.41) is 0. The van der Waals surface area contributed by atoms with Crippen molar-refractivity contribution in [1.29, 1.82) is 0 Å². The van der Waals surface area contributed by atoms with Gasteiger partial charge in [-0.05, 0) is 31.8 Å². The van der Waals surface area contributed by atoms with Gasteiger partial charge < -0.3 is 0 Å². The lowest BCUT2D eigenvalue weighted by Crippen LogP contribution is -1.84. The van der Waals surface area contributed by atoms with Crippen LogP contribution in [-0.4, -0.2) is 0 Å². The smallest absolute Gasteiger partial charge is 0.0276 e. The second-order valence-corrected chi connectivity index (χ2v) is 7.70. The molecule has 0 saturated carbocycles. The van der Waals surface area contributed by atoms with Gasteiger partial charge >= 0.3 is 0 Å². The highest BCUT2D eigenvalue weighted by molar-refractivity contribution is 4.98. The molecule has 0 amide bonds. The van der Waals surface area contributed by atoms with Crippen LogP contribution >= 0.6 is 0 Å². The fourth-order valence-electron chi connectivity index (χ4n) is 3.63. The molecular weight excluding hydrogens is 288 g/mol. The van der Waals surface area contributed by atoms with E-state index in [-0.39, 0.29) is 0 Å². The highest BCUT2D eigenvalue weighted by atomic mass is 14.0. The molecule has 0 N–H and O–H groups in total. The van der Waals surface area contributed by atoms with E-state index in [0.717, 1.165) is 6.42 Å². The zero-order chi connectivity index (χ0) is 17.0. The largest absolute Gasteiger partial charge is 0.0845 e. The van der Waals surface area contributed by atoms with Gasteiger partial charge in [-0.25, -0.2) is 0 Å². The highest BCUT2D eigenvalue weighted by Gasteiger charge is 1.95. The Morgan fingerprint density at radius 3 is 1.25 bits per heavy atom. The van der Waals surface area contributed by atoms with Crippen LogP contribution in [0.3, 0.4) is 0 Å². The van der Waals surface area contributed by atoms with E-state index >= 15 is 0 Å². The molecule has 0 saturated heterocycles. The molecule has 0 aromatic heterocycles. The van der Waals surface area contributed by atoms with E-state index in [1.165, 1.54) is 122 Å². The monoisotopic (exact) mass is 331 g/mol. The van der Waals surface area contributed by atoms with Gasteiger partial charge in [0.2, 0.25) is 0 Å². The van der Waals surface area contributed by atoms with Crippen LogP contribution in [0.25, 0.3) is 0 Å². The Morgan fingerprint density at radius 2 is 0.792 bits per heavy atom. The minimum Gasteiger partial charge on any atom is -0.0845 e. The van der Waals surface area contributed by atoms with E-state index in [2.05, 4.69) is 24.3 Å². The van der Waals surface area contributed by atoms with Crippen molar-refractivity contribution in [2.24, 2.45) is 0 Å². The maximum Gasteiger partial charge on any atom is -0.0276 e. The van der Waals surface area contributed by atoms with E-state index in [9.17, 15) is 0 Å². The maximum atomic E-state index is 3.42. The molecule has 0 aromatic carbocycles. The van der Waals surface area contributed by atoms with Crippen LogP contribution in [0.5, 0.6) is 0 Å². The number of rotatable bonds is 0. The average molecular weight is 332 g/mol. The first-order chi connectivity index (χ1) is 12.0. The molecule has 1 aliphatic carbocycles. The number of hydrogen-bond acceptors (Lipinski definition) is 0. The van der Waals surface area contributed by atoms with Gasteiger partial charge in [0.25, 0.3) is 0 Å². The molecule has 0 heteroatoms. The van der Waals surface area contributed by atoms with Crippen LogP contribution in [0.1, 0.15) is 128 Å². The van der Waals surface area contributed by atoms with Crippen molar-refractivity contribution in [3.63, 3.8) is 0 Å². The van der Waals surface area contributed by atoms with Crippen molar-refractivity contribution in [1.82, 2.24) is 0 Å². The van der Waals surface area contributed by atoms with Crippen molar-refractivity contribution in [2.45, 2.75) is 128 Å². The molecule has 24 heavy (non-hydrogen) atoms. The van der Waals surface area contributed by atoms with Gasteiger partial charge in [-0.3, -0.25) is 0 Å². The van der Waals surface area contributed by atoms with Gasteiger partial charge in [0.15, 0.2) is 0 Å². The molecule has 0 atom stereocenters. The predicted molar refractivity (Wildman–Crippen MR) is 109 cm³/mol. The van der Waals surface area contributed by atoms with Gasteiger partial charge in [0.05, 0.1) is 0 Å². The summed E-state index contributed by atoms with van der Waals surface area (Å²) < 4.78 is 0. The Hall–Kier alpha value is -0.520. The summed E-state index contributed by atoms with van der Waals surface area (Å²) in [4.78, 5) is 0. The first-order valence-electron chi connectivity index (χ1n) is 11.2. The summed E-state index contributed by atoms with van der Waals surface area (Å²) in [6.07, 6.45) is 38.5. The summed E-state index contributed by atoms with van der Waals surface area (Å²) >= 11 is 0. The molecule has 139 valence electrons. The first kappa shape index (κ1) is 21.5. The third kappa shape index (κ3) is 16.3. The Kier molecular flexibility index (Phi) is 16.9. The van der Waals surface area contributed by atoms with Crippen molar-refractivity contribution in [2.75, 3.05) is 0 Å². The summed E-state index contributed by atoms with van der Waals surface area (Å²) in [5.41, 5.74) is 0. The summed E-state index contributed by atoms with van der Waals surface area (Å²) in [7, 11) is 0. The summed E-state index contributed by atoms with van der Waals surface area (Å²) in [5.74, 6) is 0. The van der Waals surface area contributed by atoms with Crippen molar-refractivity contribution >= 4 is 0 Å². The molecular formula is C24H43. The predicted octanol–water partition coefficient (Wildman–Crippen LogP) is 8.72. The minimum atomic E-state index is 1.14. The molecule has 0 heterocycles. The highest BCUT2D eigenvalue weighted by Crippen LogP contribution is 2.15. The molecule has 0 nitrogen and oxygen atoms in total. The quantitative estimate of drug-likeness (QED) is 0.416. The second-order valence-electron chi connectivity index (χ2n) is 7.70. The Balaban J connectivity index is 2.09. The lowest BCUT2D eigenvalue weighted by atomic mass is 10.0. The lowest BCUT2D eigenvalue weighted by Gasteiger charge is -2.04. The standard InChI is InChI=1S/C24H43/c1-2-4-6-8-10-12-14-16-18-20-22-24-23-21-19-17-15-13-11-9-7-5-3-1/h1-3H,4,6-24H2/b2-1-,5-3?. The van der Waals surface area contributed by atoms with E-state index in [1.807, 2.05) is 0 Å². The van der Waals surface area contributed by atoms with Gasteiger partial charge in [-0.1, -0.05) is 121 Å². The Labute approximate surface area is 153 Å². The zero-order valence-corrected chi connectivity index (χ0v) is 16.4. The Morgan fingerprint density at radius 1 is 0.417 bits per heavy atom. The first-order valence-corrected chi connectivity index (χ1v) is 11.2. The van der Waals surface area contributed by atoms with Crippen LogP contribution in [0.4, 0.5) is 0 Å². The summed E-state index contributed by atoms with van der Waals surface area (Å²) in [6, 6.07) is 0. The van der Waals surface area contributed by atoms with E-state index in [4.69, 9.17) is 0 Å². The van der Waals surface area contributed by atoms with Crippen LogP contribution in [0.2, 0.25) is 0 Å². The summed E-state index contributed by atoms with van der Waals surface area (Å²) in [6.45, 7) is 0.